The van der Waals surface area contributed by atoms with Gasteiger partial charge in [-0.05, 0) is 30.0 Å². The van der Waals surface area contributed by atoms with Crippen LogP contribution in [-0.4, -0.2) is 22.9 Å². The van der Waals surface area contributed by atoms with Crippen LogP contribution in [0.15, 0.2) is 36.8 Å². The summed E-state index contributed by atoms with van der Waals surface area (Å²) in [4.78, 5) is 7.08. The Morgan fingerprint density at radius 3 is 2.64 bits per heavy atom. The van der Waals surface area contributed by atoms with E-state index in [4.69, 9.17) is 4.74 Å². The maximum absolute atomic E-state index is 12.0. The van der Waals surface area contributed by atoms with Crippen molar-refractivity contribution >= 4 is 0 Å². The number of imidazole rings is 1. The molecular weight excluding hydrogens is 297 g/mol. The Labute approximate surface area is 125 Å². The summed E-state index contributed by atoms with van der Waals surface area (Å²) in [6.45, 7) is 1.00. The van der Waals surface area contributed by atoms with Crippen molar-refractivity contribution in [2.45, 2.75) is 25.3 Å². The highest BCUT2D eigenvalue weighted by molar-refractivity contribution is 5.27. The summed E-state index contributed by atoms with van der Waals surface area (Å²) in [7, 11) is 0. The van der Waals surface area contributed by atoms with Gasteiger partial charge < -0.3 is 14.5 Å². The lowest BCUT2D eigenvalue weighted by atomic mass is 10.2. The highest BCUT2D eigenvalue weighted by Crippen LogP contribution is 2.46. The molecule has 0 radical (unpaired) electrons. The molecule has 118 valence electrons. The number of ether oxygens (including phenoxy) is 2. The number of nitrogens with one attached hydrogen (secondary N) is 1. The maximum atomic E-state index is 12.0. The summed E-state index contributed by atoms with van der Waals surface area (Å²) in [6, 6.07) is 5.72. The first kappa shape index (κ1) is 14.9. The molecule has 2 atom stereocenters. The second-order valence-corrected chi connectivity index (χ2v) is 5.32. The van der Waals surface area contributed by atoms with Crippen molar-refractivity contribution in [1.82, 2.24) is 9.97 Å². The zero-order valence-corrected chi connectivity index (χ0v) is 11.6. The van der Waals surface area contributed by atoms with Gasteiger partial charge in [0.1, 0.15) is 5.75 Å². The second-order valence-electron chi connectivity index (χ2n) is 5.32. The van der Waals surface area contributed by atoms with Gasteiger partial charge >= 0.3 is 6.36 Å². The van der Waals surface area contributed by atoms with Gasteiger partial charge in [-0.3, -0.25) is 0 Å². The number of nitrogens with zero attached hydrogens (tertiary/aromatic N) is 1. The lowest BCUT2D eigenvalue weighted by molar-refractivity contribution is -0.274. The highest BCUT2D eigenvalue weighted by Gasteiger charge is 2.39. The predicted octanol–water partition coefficient (Wildman–Crippen LogP) is 3.63. The van der Waals surface area contributed by atoms with E-state index in [1.54, 1.807) is 18.5 Å². The molecule has 3 rings (SSSR count). The smallest absolute Gasteiger partial charge is 0.406 e. The van der Waals surface area contributed by atoms with Crippen molar-refractivity contribution in [3.63, 3.8) is 0 Å². The molecule has 1 heterocycles. The SMILES string of the molecule is FC(F)(F)Oc1ccc(COCC2CC2c2cnc[nH]2)cc1. The summed E-state index contributed by atoms with van der Waals surface area (Å²) < 4.78 is 45.5. The maximum Gasteiger partial charge on any atom is 0.573 e. The third-order valence-corrected chi connectivity index (χ3v) is 3.60. The minimum atomic E-state index is -4.66. The van der Waals surface area contributed by atoms with Gasteiger partial charge in [0.25, 0.3) is 0 Å². The first-order valence-corrected chi connectivity index (χ1v) is 6.92. The van der Waals surface area contributed by atoms with Crippen molar-refractivity contribution in [3.8, 4) is 5.75 Å². The number of hydrogen-bond acceptors (Lipinski definition) is 3. The van der Waals surface area contributed by atoms with E-state index in [-0.39, 0.29) is 5.75 Å². The van der Waals surface area contributed by atoms with Crippen LogP contribution in [0.5, 0.6) is 5.75 Å². The fourth-order valence-corrected chi connectivity index (χ4v) is 2.40. The molecule has 1 aliphatic carbocycles. The molecular formula is C15H15F3N2O2. The van der Waals surface area contributed by atoms with Crippen molar-refractivity contribution in [3.05, 3.63) is 48.0 Å². The lowest BCUT2D eigenvalue weighted by Crippen LogP contribution is -2.17. The van der Waals surface area contributed by atoms with Crippen LogP contribution in [0.1, 0.15) is 23.6 Å². The van der Waals surface area contributed by atoms with Gasteiger partial charge in [-0.25, -0.2) is 4.98 Å². The van der Waals surface area contributed by atoms with Crippen LogP contribution < -0.4 is 4.74 Å². The normalized spacial score (nSPS) is 20.9. The summed E-state index contributed by atoms with van der Waals surface area (Å²) in [5.41, 5.74) is 1.94. The molecule has 4 nitrogen and oxygen atoms in total. The first-order valence-electron chi connectivity index (χ1n) is 6.92. The van der Waals surface area contributed by atoms with E-state index in [9.17, 15) is 13.2 Å². The molecule has 1 fully saturated rings. The zero-order chi connectivity index (χ0) is 15.6. The van der Waals surface area contributed by atoms with E-state index in [2.05, 4.69) is 14.7 Å². The second kappa shape index (κ2) is 6.00. The Hall–Kier alpha value is -2.02. The molecule has 1 N–H and O–H groups in total. The molecule has 1 aromatic heterocycles. The number of aromatic nitrogens is 2. The average Bonchev–Trinajstić information content (AvgIpc) is 3.01. The predicted molar refractivity (Wildman–Crippen MR) is 72.2 cm³/mol. The fourth-order valence-electron chi connectivity index (χ4n) is 2.40. The Balaban J connectivity index is 1.41. The van der Waals surface area contributed by atoms with Gasteiger partial charge in [0.2, 0.25) is 0 Å². The number of benzene rings is 1. The molecule has 1 saturated carbocycles. The topological polar surface area (TPSA) is 47.1 Å². The number of H-pyrrole nitrogens is 1. The van der Waals surface area contributed by atoms with E-state index < -0.39 is 6.36 Å². The minimum absolute atomic E-state index is 0.224. The molecule has 22 heavy (non-hydrogen) atoms. The molecule has 0 amide bonds. The van der Waals surface area contributed by atoms with Crippen molar-refractivity contribution in [1.29, 1.82) is 0 Å². The molecule has 0 spiro atoms. The summed E-state index contributed by atoms with van der Waals surface area (Å²) in [5.74, 6) is 0.732. The summed E-state index contributed by atoms with van der Waals surface area (Å²) >= 11 is 0. The number of rotatable bonds is 6. The highest BCUT2D eigenvalue weighted by atomic mass is 19.4. The van der Waals surface area contributed by atoms with Crippen LogP contribution >= 0.6 is 0 Å². The quantitative estimate of drug-likeness (QED) is 0.886. The number of alkyl halides is 3. The van der Waals surface area contributed by atoms with Crippen LogP contribution in [0.4, 0.5) is 13.2 Å². The average molecular weight is 312 g/mol. The molecule has 1 aliphatic rings. The standard InChI is InChI=1S/C15H15F3N2O2/c16-15(17,18)22-12-3-1-10(2-4-12)7-21-8-11-5-13(11)14-6-19-9-20-14/h1-4,6,9,11,13H,5,7-8H2,(H,19,20). The molecule has 0 saturated heterocycles. The molecule has 1 aromatic carbocycles. The van der Waals surface area contributed by atoms with E-state index in [1.807, 2.05) is 6.20 Å². The van der Waals surface area contributed by atoms with E-state index in [0.717, 1.165) is 17.7 Å². The van der Waals surface area contributed by atoms with Crippen LogP contribution in [0.25, 0.3) is 0 Å². The van der Waals surface area contributed by atoms with Gasteiger partial charge in [0.15, 0.2) is 0 Å². The van der Waals surface area contributed by atoms with Gasteiger partial charge in [0.05, 0.1) is 19.5 Å². The van der Waals surface area contributed by atoms with Gasteiger partial charge in [-0.15, -0.1) is 13.2 Å². The third kappa shape index (κ3) is 4.00. The number of halogens is 3. The molecule has 0 bridgehead atoms. The Morgan fingerprint density at radius 1 is 1.23 bits per heavy atom. The monoisotopic (exact) mass is 312 g/mol. The fraction of sp³-hybridized carbons (Fsp3) is 0.400. The van der Waals surface area contributed by atoms with Crippen LogP contribution in [0, 0.1) is 5.92 Å². The van der Waals surface area contributed by atoms with E-state index in [0.29, 0.717) is 25.0 Å². The van der Waals surface area contributed by atoms with Crippen LogP contribution in [0.3, 0.4) is 0 Å². The first-order chi connectivity index (χ1) is 10.5. The lowest BCUT2D eigenvalue weighted by Gasteiger charge is -2.09. The van der Waals surface area contributed by atoms with E-state index in [1.165, 1.54) is 12.1 Å². The molecule has 7 heteroatoms. The van der Waals surface area contributed by atoms with Crippen LogP contribution in [-0.2, 0) is 11.3 Å². The van der Waals surface area contributed by atoms with Crippen LogP contribution in [0.2, 0.25) is 0 Å². The summed E-state index contributed by atoms with van der Waals surface area (Å²) in [5, 5.41) is 0. The van der Waals surface area contributed by atoms with Gasteiger partial charge in [0, 0.05) is 17.8 Å². The largest absolute Gasteiger partial charge is 0.573 e. The Bertz CT molecular complexity index is 596. The van der Waals surface area contributed by atoms with Crippen molar-refractivity contribution < 1.29 is 22.6 Å². The number of aromatic amines is 1. The van der Waals surface area contributed by atoms with Crippen molar-refractivity contribution in [2.24, 2.45) is 5.92 Å². The van der Waals surface area contributed by atoms with Gasteiger partial charge in [-0.2, -0.15) is 0 Å². The van der Waals surface area contributed by atoms with E-state index >= 15 is 0 Å². The Morgan fingerprint density at radius 2 is 2.00 bits per heavy atom. The molecule has 0 aliphatic heterocycles. The Kier molecular flexibility index (Phi) is 4.06. The minimum Gasteiger partial charge on any atom is -0.406 e. The van der Waals surface area contributed by atoms with Gasteiger partial charge in [-0.1, -0.05) is 12.1 Å². The summed E-state index contributed by atoms with van der Waals surface area (Å²) in [6.07, 6.45) is -0.105. The molecule has 2 unspecified atom stereocenters. The number of hydrogen-bond donors (Lipinski definition) is 1. The molecule has 2 aromatic rings. The zero-order valence-electron chi connectivity index (χ0n) is 11.6. The van der Waals surface area contributed by atoms with Crippen molar-refractivity contribution in [2.75, 3.05) is 6.61 Å². The third-order valence-electron chi connectivity index (χ3n) is 3.60.